The fraction of sp³-hybridized carbons (Fsp3) is 0.273. The van der Waals surface area contributed by atoms with Crippen molar-refractivity contribution in [1.82, 2.24) is 9.97 Å². The number of methoxy groups -OCH3 is 1. The summed E-state index contributed by atoms with van der Waals surface area (Å²) in [5.74, 6) is 2.64. The van der Waals surface area contributed by atoms with Crippen LogP contribution in [0.4, 0.5) is 17.5 Å². The van der Waals surface area contributed by atoms with Gasteiger partial charge >= 0.3 is 0 Å². The molecule has 0 aliphatic carbocycles. The van der Waals surface area contributed by atoms with Gasteiger partial charge in [-0.05, 0) is 30.5 Å². The Kier molecular flexibility index (Phi) is 5.91. The first-order valence-corrected chi connectivity index (χ1v) is 9.14. The normalized spacial score (nSPS) is 10.7. The van der Waals surface area contributed by atoms with E-state index in [2.05, 4.69) is 52.6 Å². The van der Waals surface area contributed by atoms with Gasteiger partial charge in [0.25, 0.3) is 0 Å². The number of anilines is 3. The number of para-hydroxylation sites is 2. The third kappa shape index (κ3) is 4.76. The molecule has 27 heavy (non-hydrogen) atoms. The van der Waals surface area contributed by atoms with Crippen LogP contribution in [-0.2, 0) is 6.54 Å². The van der Waals surface area contributed by atoms with Crippen molar-refractivity contribution in [2.45, 2.75) is 33.2 Å². The van der Waals surface area contributed by atoms with Crippen LogP contribution in [0.2, 0.25) is 0 Å². The Hall–Kier alpha value is -3.08. The van der Waals surface area contributed by atoms with E-state index in [1.54, 1.807) is 7.11 Å². The summed E-state index contributed by atoms with van der Waals surface area (Å²) in [5, 5.41) is 6.74. The smallest absolute Gasteiger partial charge is 0.225 e. The second-order valence-corrected chi connectivity index (χ2v) is 6.75. The predicted molar refractivity (Wildman–Crippen MR) is 111 cm³/mol. The number of rotatable bonds is 7. The Morgan fingerprint density at radius 3 is 2.52 bits per heavy atom. The molecule has 5 heteroatoms. The number of aromatic nitrogens is 2. The van der Waals surface area contributed by atoms with Crippen molar-refractivity contribution in [3.05, 3.63) is 71.4 Å². The van der Waals surface area contributed by atoms with Gasteiger partial charge in [0.1, 0.15) is 11.6 Å². The maximum Gasteiger partial charge on any atom is 0.225 e. The molecule has 0 saturated heterocycles. The number of ether oxygens (including phenoxy) is 1. The lowest BCUT2D eigenvalue weighted by Gasteiger charge is -2.15. The summed E-state index contributed by atoms with van der Waals surface area (Å²) < 4.78 is 5.40. The first-order valence-electron chi connectivity index (χ1n) is 9.14. The van der Waals surface area contributed by atoms with Crippen LogP contribution in [0.15, 0.2) is 54.6 Å². The molecular formula is C22H26N4O. The number of benzene rings is 2. The molecule has 2 aromatic carbocycles. The summed E-state index contributed by atoms with van der Waals surface area (Å²) in [6, 6.07) is 18.2. The zero-order valence-corrected chi connectivity index (χ0v) is 16.3. The molecule has 0 bridgehead atoms. The highest BCUT2D eigenvalue weighted by Crippen LogP contribution is 2.27. The van der Waals surface area contributed by atoms with E-state index in [4.69, 9.17) is 4.74 Å². The molecule has 0 fully saturated rings. The molecule has 5 nitrogen and oxygen atoms in total. The van der Waals surface area contributed by atoms with Crippen molar-refractivity contribution in [3.63, 3.8) is 0 Å². The third-order valence-corrected chi connectivity index (χ3v) is 4.33. The molecule has 2 N–H and O–H groups in total. The number of nitrogens with one attached hydrogen (secondary N) is 2. The van der Waals surface area contributed by atoms with E-state index < -0.39 is 0 Å². The van der Waals surface area contributed by atoms with Crippen molar-refractivity contribution >= 4 is 17.5 Å². The van der Waals surface area contributed by atoms with E-state index in [1.165, 1.54) is 5.56 Å². The van der Waals surface area contributed by atoms with E-state index in [0.717, 1.165) is 28.5 Å². The predicted octanol–water partition coefficient (Wildman–Crippen LogP) is 5.27. The Labute approximate surface area is 160 Å². The maximum absolute atomic E-state index is 5.40. The van der Waals surface area contributed by atoms with Gasteiger partial charge < -0.3 is 15.4 Å². The van der Waals surface area contributed by atoms with Crippen molar-refractivity contribution in [2.24, 2.45) is 0 Å². The topological polar surface area (TPSA) is 59.1 Å². The molecule has 0 aliphatic rings. The Morgan fingerprint density at radius 1 is 1.00 bits per heavy atom. The highest BCUT2D eigenvalue weighted by molar-refractivity contribution is 5.62. The molecule has 0 spiro atoms. The summed E-state index contributed by atoms with van der Waals surface area (Å²) in [4.78, 5) is 9.13. The van der Waals surface area contributed by atoms with Gasteiger partial charge in [0, 0.05) is 29.6 Å². The molecule has 0 saturated carbocycles. The highest BCUT2D eigenvalue weighted by Gasteiger charge is 2.09. The van der Waals surface area contributed by atoms with Gasteiger partial charge in [0.2, 0.25) is 5.95 Å². The van der Waals surface area contributed by atoms with Crippen molar-refractivity contribution < 1.29 is 4.74 Å². The van der Waals surface area contributed by atoms with Crippen LogP contribution in [0.25, 0.3) is 0 Å². The van der Waals surface area contributed by atoms with E-state index >= 15 is 0 Å². The van der Waals surface area contributed by atoms with Gasteiger partial charge in [-0.2, -0.15) is 4.98 Å². The zero-order valence-electron chi connectivity index (χ0n) is 16.3. The van der Waals surface area contributed by atoms with E-state index in [-0.39, 0.29) is 0 Å². The molecule has 3 rings (SSSR count). The molecular weight excluding hydrogens is 336 g/mol. The molecule has 1 heterocycles. The maximum atomic E-state index is 5.40. The molecule has 0 aliphatic heterocycles. The van der Waals surface area contributed by atoms with Crippen LogP contribution < -0.4 is 15.4 Å². The Morgan fingerprint density at radius 2 is 1.74 bits per heavy atom. The van der Waals surface area contributed by atoms with Crippen LogP contribution in [0.5, 0.6) is 5.75 Å². The van der Waals surface area contributed by atoms with Crippen LogP contribution in [-0.4, -0.2) is 17.1 Å². The average molecular weight is 362 g/mol. The molecule has 0 radical (unpaired) electrons. The van der Waals surface area contributed by atoms with Crippen molar-refractivity contribution in [2.75, 3.05) is 17.7 Å². The van der Waals surface area contributed by atoms with Gasteiger partial charge in [0.05, 0.1) is 7.11 Å². The van der Waals surface area contributed by atoms with Gasteiger partial charge in [-0.15, -0.1) is 0 Å². The minimum atomic E-state index is 0.430. The third-order valence-electron chi connectivity index (χ3n) is 4.33. The van der Waals surface area contributed by atoms with Crippen LogP contribution in [0.1, 0.15) is 36.6 Å². The van der Waals surface area contributed by atoms with Gasteiger partial charge in [-0.3, -0.25) is 0 Å². The van der Waals surface area contributed by atoms with Gasteiger partial charge in [-0.25, -0.2) is 4.98 Å². The molecule has 0 unspecified atom stereocenters. The fourth-order valence-electron chi connectivity index (χ4n) is 2.99. The van der Waals surface area contributed by atoms with Crippen LogP contribution >= 0.6 is 0 Å². The first kappa shape index (κ1) is 18.7. The second kappa shape index (κ2) is 8.54. The second-order valence-electron chi connectivity index (χ2n) is 6.75. The lowest BCUT2D eigenvalue weighted by Crippen LogP contribution is -2.07. The summed E-state index contributed by atoms with van der Waals surface area (Å²) in [5.41, 5.74) is 4.29. The number of nitrogens with zero attached hydrogens (tertiary/aromatic N) is 2. The Bertz CT molecular complexity index is 908. The summed E-state index contributed by atoms with van der Waals surface area (Å²) in [6.45, 7) is 6.93. The SMILES string of the molecule is COc1ccccc1CNc1nc(C)cc(Nc2ccccc2C(C)C)n1. The highest BCUT2D eigenvalue weighted by atomic mass is 16.5. The van der Waals surface area contributed by atoms with Crippen molar-refractivity contribution in [1.29, 1.82) is 0 Å². The largest absolute Gasteiger partial charge is 0.496 e. The molecule has 3 aromatic rings. The van der Waals surface area contributed by atoms with E-state index in [0.29, 0.717) is 18.4 Å². The van der Waals surface area contributed by atoms with E-state index in [1.807, 2.05) is 43.3 Å². The average Bonchev–Trinajstić information content (AvgIpc) is 2.66. The summed E-state index contributed by atoms with van der Waals surface area (Å²) in [6.07, 6.45) is 0. The van der Waals surface area contributed by atoms with Crippen molar-refractivity contribution in [3.8, 4) is 5.75 Å². The minimum Gasteiger partial charge on any atom is -0.496 e. The molecule has 0 atom stereocenters. The number of hydrogen-bond acceptors (Lipinski definition) is 5. The van der Waals surface area contributed by atoms with Crippen LogP contribution in [0, 0.1) is 6.92 Å². The molecule has 0 amide bonds. The van der Waals surface area contributed by atoms with Gasteiger partial charge in [0.15, 0.2) is 0 Å². The number of hydrogen-bond donors (Lipinski definition) is 2. The zero-order chi connectivity index (χ0) is 19.2. The molecule has 140 valence electrons. The quantitative estimate of drug-likeness (QED) is 0.599. The monoisotopic (exact) mass is 362 g/mol. The van der Waals surface area contributed by atoms with E-state index in [9.17, 15) is 0 Å². The lowest BCUT2D eigenvalue weighted by molar-refractivity contribution is 0.410. The first-order chi connectivity index (χ1) is 13.1. The van der Waals surface area contributed by atoms with Gasteiger partial charge in [-0.1, -0.05) is 50.2 Å². The van der Waals surface area contributed by atoms with Crippen LogP contribution in [0.3, 0.4) is 0 Å². The standard InChI is InChI=1S/C22H26N4O/c1-15(2)18-10-6-7-11-19(18)25-21-13-16(3)24-22(26-21)23-14-17-9-5-8-12-20(17)27-4/h5-13,15H,14H2,1-4H3,(H2,23,24,25,26). The lowest BCUT2D eigenvalue weighted by atomic mass is 10.0. The molecule has 1 aromatic heterocycles. The minimum absolute atomic E-state index is 0.430. The Balaban J connectivity index is 1.79. The summed E-state index contributed by atoms with van der Waals surface area (Å²) in [7, 11) is 1.68. The fourth-order valence-corrected chi connectivity index (χ4v) is 2.99. The number of aryl methyl sites for hydroxylation is 1. The summed E-state index contributed by atoms with van der Waals surface area (Å²) >= 11 is 0.